The third kappa shape index (κ3) is 11.8. The van der Waals surface area contributed by atoms with Crippen LogP contribution in [0, 0.1) is 0 Å². The van der Waals surface area contributed by atoms with Crippen molar-refractivity contribution >= 4 is 28.4 Å². The highest BCUT2D eigenvalue weighted by molar-refractivity contribution is 6.83. The van der Waals surface area contributed by atoms with Crippen LogP contribution in [-0.4, -0.2) is 69.7 Å². The van der Waals surface area contributed by atoms with Gasteiger partial charge in [0.05, 0.1) is 6.61 Å². The molecule has 0 amide bonds. The van der Waals surface area contributed by atoms with Gasteiger partial charge in [0.2, 0.25) is 0 Å². The maximum absolute atomic E-state index is 6.41. The summed E-state index contributed by atoms with van der Waals surface area (Å²) in [5.74, 6) is 0. The van der Waals surface area contributed by atoms with Crippen LogP contribution in [0.4, 0.5) is 11.4 Å². The molecule has 0 fully saturated rings. The highest BCUT2D eigenvalue weighted by Gasteiger charge is 2.41. The van der Waals surface area contributed by atoms with Crippen LogP contribution in [0.3, 0.4) is 0 Å². The molecule has 0 spiro atoms. The van der Waals surface area contributed by atoms with Gasteiger partial charge in [-0.2, -0.15) is 0 Å². The first kappa shape index (κ1) is 36.1. The molecule has 0 aliphatic carbocycles. The summed E-state index contributed by atoms with van der Waals surface area (Å²) in [5.41, 5.74) is 2.65. The van der Waals surface area contributed by atoms with Crippen molar-refractivity contribution in [3.8, 4) is 0 Å². The van der Waals surface area contributed by atoms with Crippen LogP contribution in [-0.2, 0) is 18.0 Å². The van der Waals surface area contributed by atoms with Crippen molar-refractivity contribution in [3.05, 3.63) is 24.3 Å². The number of nitrogens with zero attached hydrogens (tertiary/aromatic N) is 2. The van der Waals surface area contributed by atoms with Crippen LogP contribution in [0.25, 0.3) is 0 Å². The van der Waals surface area contributed by atoms with E-state index in [9.17, 15) is 0 Å². The molecular formula is C31H62N2O4Si2. The molecule has 0 aliphatic heterocycles. The summed E-state index contributed by atoms with van der Waals surface area (Å²) >= 11 is 0. The molecule has 1 aromatic carbocycles. The van der Waals surface area contributed by atoms with Gasteiger partial charge >= 0.3 is 8.80 Å². The third-order valence-electron chi connectivity index (χ3n) is 7.72. The molecule has 1 rings (SSSR count). The molecule has 8 heteroatoms. The van der Waals surface area contributed by atoms with Gasteiger partial charge < -0.3 is 27.5 Å². The minimum atomic E-state index is -2.69. The second-order valence-electron chi connectivity index (χ2n) is 10.5. The number of anilines is 2. The summed E-state index contributed by atoms with van der Waals surface area (Å²) in [6.07, 6.45) is 5.10. The molecule has 1 aromatic rings. The highest BCUT2D eigenvalue weighted by Crippen LogP contribution is 2.33. The van der Waals surface area contributed by atoms with Crippen molar-refractivity contribution in [1.29, 1.82) is 0 Å². The number of hydrogen-bond acceptors (Lipinski definition) is 6. The molecule has 228 valence electrons. The van der Waals surface area contributed by atoms with Gasteiger partial charge in [0, 0.05) is 63.5 Å². The molecule has 0 saturated heterocycles. The fraction of sp³-hybridized carbons (Fsp3) is 0.806. The maximum Gasteiger partial charge on any atom is 0.501 e. The standard InChI is InChI=1S/C31H62N2O4Si2/c1-9-22-32(24-28-34-13-5)30-18-20-31(21-19-30)33(38(14-6,15-7)16-8)23-17-29-39(35-25-10-2,36-26-11-3)37-27-12-4/h18-21H,9-17,22-29H2,1-8H3. The molecular weight excluding hydrogens is 521 g/mol. The van der Waals surface area contributed by atoms with Gasteiger partial charge in [-0.15, -0.1) is 0 Å². The van der Waals surface area contributed by atoms with Crippen LogP contribution in [0.15, 0.2) is 24.3 Å². The van der Waals surface area contributed by atoms with Crippen molar-refractivity contribution < 1.29 is 18.0 Å². The summed E-state index contributed by atoms with van der Waals surface area (Å²) in [6.45, 7) is 24.7. The van der Waals surface area contributed by atoms with E-state index < -0.39 is 17.0 Å². The maximum atomic E-state index is 6.41. The zero-order valence-corrected chi connectivity index (χ0v) is 28.9. The topological polar surface area (TPSA) is 43.4 Å². The number of ether oxygens (including phenoxy) is 1. The summed E-state index contributed by atoms with van der Waals surface area (Å²) in [7, 11) is -4.35. The van der Waals surface area contributed by atoms with Crippen molar-refractivity contribution in [2.45, 2.75) is 112 Å². The zero-order chi connectivity index (χ0) is 29.0. The first-order chi connectivity index (χ1) is 18.9. The van der Waals surface area contributed by atoms with Crippen LogP contribution in [0.1, 0.15) is 87.5 Å². The minimum Gasteiger partial charge on any atom is -0.397 e. The Morgan fingerprint density at radius 3 is 1.54 bits per heavy atom. The van der Waals surface area contributed by atoms with E-state index in [1.807, 2.05) is 0 Å². The van der Waals surface area contributed by atoms with E-state index in [4.69, 9.17) is 18.0 Å². The lowest BCUT2D eigenvalue weighted by molar-refractivity contribution is 0.0589. The van der Waals surface area contributed by atoms with Gasteiger partial charge in [-0.05, 0) is 81.4 Å². The first-order valence-corrected chi connectivity index (χ1v) is 20.6. The second-order valence-corrected chi connectivity index (χ2v) is 18.3. The molecule has 0 aromatic heterocycles. The molecule has 0 atom stereocenters. The third-order valence-corrected chi connectivity index (χ3v) is 16.2. The molecule has 0 radical (unpaired) electrons. The quantitative estimate of drug-likeness (QED) is 0.0852. The van der Waals surface area contributed by atoms with Crippen molar-refractivity contribution in [2.75, 3.05) is 62.1 Å². The fourth-order valence-corrected chi connectivity index (χ4v) is 12.1. The zero-order valence-electron chi connectivity index (χ0n) is 26.9. The van der Waals surface area contributed by atoms with Gasteiger partial charge in [0.15, 0.2) is 8.24 Å². The van der Waals surface area contributed by atoms with E-state index >= 15 is 0 Å². The molecule has 6 nitrogen and oxygen atoms in total. The van der Waals surface area contributed by atoms with Crippen molar-refractivity contribution in [1.82, 2.24) is 0 Å². The van der Waals surface area contributed by atoms with E-state index in [2.05, 4.69) is 89.1 Å². The SMILES string of the molecule is CCCO[Si](CCCN(c1ccc(N(CCC)CCOCC)cc1)[Si](CC)(CC)CC)(OCCC)OCCC. The fourth-order valence-electron chi connectivity index (χ4n) is 5.33. The molecule has 0 N–H and O–H groups in total. The molecule has 0 saturated carbocycles. The van der Waals surface area contributed by atoms with Gasteiger partial charge in [0.25, 0.3) is 0 Å². The van der Waals surface area contributed by atoms with E-state index in [0.717, 1.165) is 71.0 Å². The lowest BCUT2D eigenvalue weighted by atomic mass is 10.2. The second kappa shape index (κ2) is 20.9. The monoisotopic (exact) mass is 582 g/mol. The van der Waals surface area contributed by atoms with Gasteiger partial charge in [-0.1, -0.05) is 48.5 Å². The van der Waals surface area contributed by atoms with Crippen LogP contribution in [0.5, 0.6) is 0 Å². The van der Waals surface area contributed by atoms with Crippen LogP contribution < -0.4 is 9.47 Å². The van der Waals surface area contributed by atoms with Gasteiger partial charge in [-0.25, -0.2) is 0 Å². The molecule has 0 bridgehead atoms. The summed E-state index contributed by atoms with van der Waals surface area (Å²) in [6, 6.07) is 14.0. The Balaban J connectivity index is 3.20. The number of rotatable bonds is 25. The number of hydrogen-bond donors (Lipinski definition) is 0. The first-order valence-electron chi connectivity index (χ1n) is 16.1. The summed E-state index contributed by atoms with van der Waals surface area (Å²) in [5, 5.41) is 0. The van der Waals surface area contributed by atoms with Crippen LogP contribution >= 0.6 is 0 Å². The van der Waals surface area contributed by atoms with E-state index in [0.29, 0.717) is 19.8 Å². The molecule has 0 aliphatic rings. The van der Waals surface area contributed by atoms with E-state index in [-0.39, 0.29) is 0 Å². The van der Waals surface area contributed by atoms with E-state index in [1.165, 1.54) is 29.5 Å². The lowest BCUT2D eigenvalue weighted by Crippen LogP contribution is -2.54. The molecule has 39 heavy (non-hydrogen) atoms. The van der Waals surface area contributed by atoms with Gasteiger partial charge in [-0.3, -0.25) is 0 Å². The molecule has 0 unspecified atom stereocenters. The largest absolute Gasteiger partial charge is 0.501 e. The smallest absolute Gasteiger partial charge is 0.397 e. The highest BCUT2D eigenvalue weighted by atomic mass is 28.4. The van der Waals surface area contributed by atoms with E-state index in [1.54, 1.807) is 0 Å². The van der Waals surface area contributed by atoms with Crippen molar-refractivity contribution in [3.63, 3.8) is 0 Å². The average Bonchev–Trinajstić information content (AvgIpc) is 2.97. The number of benzene rings is 1. The predicted octanol–water partition coefficient (Wildman–Crippen LogP) is 8.36. The Morgan fingerprint density at radius 1 is 0.590 bits per heavy atom. The Bertz CT molecular complexity index is 689. The minimum absolute atomic E-state index is 0.708. The predicted molar refractivity (Wildman–Crippen MR) is 174 cm³/mol. The van der Waals surface area contributed by atoms with Crippen molar-refractivity contribution in [2.24, 2.45) is 0 Å². The lowest BCUT2D eigenvalue weighted by Gasteiger charge is -2.43. The average molecular weight is 583 g/mol. The summed E-state index contributed by atoms with van der Waals surface area (Å²) < 4.78 is 27.7. The Hall–Kier alpha value is -0.906. The van der Waals surface area contributed by atoms with Crippen LogP contribution in [0.2, 0.25) is 24.2 Å². The van der Waals surface area contributed by atoms with Gasteiger partial charge in [0.1, 0.15) is 0 Å². The molecule has 0 heterocycles. The Morgan fingerprint density at radius 2 is 1.10 bits per heavy atom. The normalized spacial score (nSPS) is 12.2. The Labute approximate surface area is 244 Å². The Kier molecular flexibility index (Phi) is 19.3. The summed E-state index contributed by atoms with van der Waals surface area (Å²) in [4.78, 5) is 2.45.